The van der Waals surface area contributed by atoms with Gasteiger partial charge in [0.15, 0.2) is 22.6 Å². The zero-order valence-electron chi connectivity index (χ0n) is 24.5. The molecule has 0 spiro atoms. The molecule has 0 bridgehead atoms. The molecule has 2 aromatic heterocycles. The number of aryl methyl sites for hydroxylation is 1. The normalized spacial score (nSPS) is 15.7. The van der Waals surface area contributed by atoms with Crippen molar-refractivity contribution in [1.29, 1.82) is 0 Å². The van der Waals surface area contributed by atoms with Gasteiger partial charge in [-0.3, -0.25) is 14.7 Å². The fraction of sp³-hybridized carbons (Fsp3) is 0.500. The number of ether oxygens (including phenoxy) is 2. The average Bonchev–Trinajstić information content (AvgIpc) is 3.68. The van der Waals surface area contributed by atoms with E-state index in [1.165, 1.54) is 18.9 Å². The first-order valence-electron chi connectivity index (χ1n) is 14.6. The van der Waals surface area contributed by atoms with Crippen molar-refractivity contribution < 1.29 is 19.1 Å². The number of amides is 1. The minimum atomic E-state index is -0.0224. The minimum Gasteiger partial charge on any atom is -0.487 e. The number of carbonyl (C=O) groups excluding carboxylic acids is 2. The van der Waals surface area contributed by atoms with E-state index in [0.717, 1.165) is 41.8 Å². The quantitative estimate of drug-likeness (QED) is 0.292. The van der Waals surface area contributed by atoms with Gasteiger partial charge in [0.1, 0.15) is 12.4 Å². The summed E-state index contributed by atoms with van der Waals surface area (Å²) in [6.45, 7) is 6.68. The van der Waals surface area contributed by atoms with E-state index in [4.69, 9.17) is 19.4 Å². The maximum absolute atomic E-state index is 12.7. The van der Waals surface area contributed by atoms with E-state index in [0.29, 0.717) is 73.3 Å². The van der Waals surface area contributed by atoms with Gasteiger partial charge in [-0.2, -0.15) is 5.10 Å². The Morgan fingerprint density at radius 2 is 1.83 bits per heavy atom. The van der Waals surface area contributed by atoms with Crippen molar-refractivity contribution in [2.45, 2.75) is 56.0 Å². The number of rotatable bonds is 12. The molecule has 5 rings (SSSR count). The number of piperazine rings is 1. The van der Waals surface area contributed by atoms with Crippen LogP contribution in [0.3, 0.4) is 0 Å². The van der Waals surface area contributed by atoms with Gasteiger partial charge in [-0.15, -0.1) is 0 Å². The minimum absolute atomic E-state index is 0.0224. The lowest BCUT2D eigenvalue weighted by Gasteiger charge is -2.36. The van der Waals surface area contributed by atoms with E-state index in [1.54, 1.807) is 0 Å². The SMILES string of the molecule is CCOc1c(Nc2cc(C)[nH]n2)nc(Sc2ccc(CC(=O)C3CCCC3)cc2)nc1N1CCN(C(=O)COC)CC1. The predicted molar refractivity (Wildman–Crippen MR) is 162 cm³/mol. The molecule has 11 nitrogen and oxygen atoms in total. The van der Waals surface area contributed by atoms with Crippen LogP contribution in [0.5, 0.6) is 5.75 Å². The van der Waals surface area contributed by atoms with E-state index >= 15 is 0 Å². The zero-order chi connectivity index (χ0) is 29.5. The summed E-state index contributed by atoms with van der Waals surface area (Å²) in [6, 6.07) is 9.98. The fourth-order valence-electron chi connectivity index (χ4n) is 5.40. The van der Waals surface area contributed by atoms with Crippen LogP contribution in [0.1, 0.15) is 43.9 Å². The van der Waals surface area contributed by atoms with Crippen LogP contribution in [0.2, 0.25) is 0 Å². The molecule has 224 valence electrons. The maximum atomic E-state index is 12.7. The van der Waals surface area contributed by atoms with Crippen LogP contribution in [0.4, 0.5) is 17.5 Å². The van der Waals surface area contributed by atoms with Gasteiger partial charge in [0.2, 0.25) is 11.7 Å². The zero-order valence-corrected chi connectivity index (χ0v) is 25.3. The first-order valence-corrected chi connectivity index (χ1v) is 15.4. The van der Waals surface area contributed by atoms with Gasteiger partial charge in [-0.1, -0.05) is 25.0 Å². The second-order valence-electron chi connectivity index (χ2n) is 10.7. The van der Waals surface area contributed by atoms with Crippen LogP contribution in [-0.4, -0.2) is 83.3 Å². The number of hydrogen-bond donors (Lipinski definition) is 2. The Labute approximate surface area is 250 Å². The van der Waals surface area contributed by atoms with Crippen molar-refractivity contribution in [2.24, 2.45) is 5.92 Å². The van der Waals surface area contributed by atoms with Gasteiger partial charge in [0, 0.05) is 62.3 Å². The van der Waals surface area contributed by atoms with Crippen molar-refractivity contribution >= 4 is 40.9 Å². The summed E-state index contributed by atoms with van der Waals surface area (Å²) in [6.07, 6.45) is 4.85. The molecule has 1 amide bonds. The predicted octanol–water partition coefficient (Wildman–Crippen LogP) is 4.40. The van der Waals surface area contributed by atoms with Gasteiger partial charge >= 0.3 is 0 Å². The number of aromatic nitrogens is 4. The number of anilines is 3. The summed E-state index contributed by atoms with van der Waals surface area (Å²) in [7, 11) is 1.53. The van der Waals surface area contributed by atoms with E-state index < -0.39 is 0 Å². The van der Waals surface area contributed by atoms with E-state index in [2.05, 4.69) is 20.4 Å². The Hall–Kier alpha value is -3.64. The molecule has 12 heteroatoms. The molecule has 0 radical (unpaired) electrons. The molecule has 1 aliphatic heterocycles. The smallest absolute Gasteiger partial charge is 0.248 e. The molecule has 2 N–H and O–H groups in total. The van der Waals surface area contributed by atoms with Gasteiger partial charge in [-0.25, -0.2) is 9.97 Å². The number of H-pyrrole nitrogens is 1. The average molecular weight is 594 g/mol. The number of hydrogen-bond acceptors (Lipinski definition) is 10. The number of carbonyl (C=O) groups is 2. The first-order chi connectivity index (χ1) is 20.4. The van der Waals surface area contributed by atoms with Crippen molar-refractivity contribution in [1.82, 2.24) is 25.1 Å². The number of aromatic amines is 1. The summed E-state index contributed by atoms with van der Waals surface area (Å²) >= 11 is 1.45. The van der Waals surface area contributed by atoms with E-state index in [9.17, 15) is 9.59 Å². The molecule has 0 atom stereocenters. The Bertz CT molecular complexity index is 1370. The molecular formula is C30H39N7O4S. The number of benzene rings is 1. The van der Waals surface area contributed by atoms with Gasteiger partial charge in [0.05, 0.1) is 6.61 Å². The van der Waals surface area contributed by atoms with Crippen LogP contribution in [0, 0.1) is 12.8 Å². The fourth-order valence-corrected chi connectivity index (χ4v) is 6.15. The third kappa shape index (κ3) is 7.40. The Morgan fingerprint density at radius 1 is 1.10 bits per heavy atom. The van der Waals surface area contributed by atoms with Crippen LogP contribution in [0.15, 0.2) is 40.4 Å². The van der Waals surface area contributed by atoms with Crippen LogP contribution < -0.4 is 15.0 Å². The molecule has 1 aliphatic carbocycles. The monoisotopic (exact) mass is 593 g/mol. The Balaban J connectivity index is 1.39. The highest BCUT2D eigenvalue weighted by Crippen LogP contribution is 2.39. The Morgan fingerprint density at radius 3 is 2.48 bits per heavy atom. The third-order valence-corrected chi connectivity index (χ3v) is 8.46. The standard InChI is InChI=1S/C30H39N7O4S/c1-4-41-27-28(31-25-17-20(2)34-35-25)32-30(33-29(27)37-15-13-36(14-16-37)26(39)19-40-3)42-23-11-9-21(10-12-23)18-24(38)22-7-5-6-8-22/h9-12,17,22H,4-8,13-16,18-19H2,1-3H3,(H2,31,32,33,34,35). The number of Topliss-reactive ketones (excluding diaryl/α,β-unsaturated/α-hetero) is 1. The molecule has 3 heterocycles. The second-order valence-corrected chi connectivity index (χ2v) is 11.7. The molecule has 1 saturated heterocycles. The van der Waals surface area contributed by atoms with E-state index in [1.807, 2.05) is 49.1 Å². The lowest BCUT2D eigenvalue weighted by molar-refractivity contribution is -0.135. The topological polar surface area (TPSA) is 126 Å². The highest BCUT2D eigenvalue weighted by Gasteiger charge is 2.27. The van der Waals surface area contributed by atoms with Crippen molar-refractivity contribution in [2.75, 3.05) is 56.7 Å². The molecule has 1 saturated carbocycles. The molecule has 0 unspecified atom stereocenters. The number of ketones is 1. The Kier molecular flexibility index (Phi) is 9.96. The number of methoxy groups -OCH3 is 1. The lowest BCUT2D eigenvalue weighted by atomic mass is 9.97. The molecule has 42 heavy (non-hydrogen) atoms. The van der Waals surface area contributed by atoms with Crippen molar-refractivity contribution in [3.8, 4) is 5.75 Å². The summed E-state index contributed by atoms with van der Waals surface area (Å²) in [5.74, 6) is 2.90. The summed E-state index contributed by atoms with van der Waals surface area (Å²) in [5.41, 5.74) is 1.95. The summed E-state index contributed by atoms with van der Waals surface area (Å²) in [4.78, 5) is 39.7. The third-order valence-electron chi connectivity index (χ3n) is 7.59. The summed E-state index contributed by atoms with van der Waals surface area (Å²) in [5, 5.41) is 11.1. The molecule has 2 aliphatic rings. The molecule has 2 fully saturated rings. The van der Waals surface area contributed by atoms with Gasteiger partial charge in [-0.05, 0) is 56.1 Å². The highest BCUT2D eigenvalue weighted by molar-refractivity contribution is 7.99. The molecule has 1 aromatic carbocycles. The van der Waals surface area contributed by atoms with Crippen molar-refractivity contribution in [3.05, 3.63) is 41.6 Å². The van der Waals surface area contributed by atoms with Crippen LogP contribution in [-0.2, 0) is 20.7 Å². The molecular weight excluding hydrogens is 554 g/mol. The lowest BCUT2D eigenvalue weighted by Crippen LogP contribution is -2.50. The van der Waals surface area contributed by atoms with Crippen LogP contribution >= 0.6 is 11.8 Å². The number of nitrogens with zero attached hydrogens (tertiary/aromatic N) is 5. The van der Waals surface area contributed by atoms with Gasteiger partial charge in [0.25, 0.3) is 0 Å². The van der Waals surface area contributed by atoms with Crippen LogP contribution in [0.25, 0.3) is 0 Å². The van der Waals surface area contributed by atoms with Gasteiger partial charge < -0.3 is 24.6 Å². The van der Waals surface area contributed by atoms with Crippen molar-refractivity contribution in [3.63, 3.8) is 0 Å². The highest BCUT2D eigenvalue weighted by atomic mass is 32.2. The maximum Gasteiger partial charge on any atom is 0.248 e. The second kappa shape index (κ2) is 14.0. The summed E-state index contributed by atoms with van der Waals surface area (Å²) < 4.78 is 11.1. The van der Waals surface area contributed by atoms with E-state index in [-0.39, 0.29) is 18.4 Å². The number of nitrogens with one attached hydrogen (secondary N) is 2. The first kappa shape index (κ1) is 29.8. The largest absolute Gasteiger partial charge is 0.487 e. The molecule has 3 aromatic rings.